The number of carbonyl (C=O) groups is 1. The summed E-state index contributed by atoms with van der Waals surface area (Å²) in [6.07, 6.45) is 0. The van der Waals surface area contributed by atoms with Gasteiger partial charge in [-0.05, 0) is 60.0 Å². The van der Waals surface area contributed by atoms with Crippen LogP contribution in [0.3, 0.4) is 0 Å². The van der Waals surface area contributed by atoms with Crippen molar-refractivity contribution in [1.29, 1.82) is 0 Å². The molecule has 0 saturated carbocycles. The maximum absolute atomic E-state index is 12.3. The molecule has 0 aliphatic heterocycles. The number of nitrogens with one attached hydrogen (secondary N) is 1. The van der Waals surface area contributed by atoms with E-state index in [0.717, 1.165) is 0 Å². The van der Waals surface area contributed by atoms with Crippen molar-refractivity contribution in [3.8, 4) is 17.2 Å². The number of ether oxygens (including phenoxy) is 1. The number of aromatic nitrogens is 1. The SMILES string of the molecule is CC(C)c1ccc(OCC(=O)Nc2ccc3oc(-c4ccc(Cl)cc4Cl)nc3c2)cc1. The quantitative estimate of drug-likeness (QED) is 0.342. The standard InChI is InChI=1S/C24H20Cl2N2O3/c1-14(2)15-3-7-18(8-4-15)30-13-23(29)27-17-6-10-22-21(12-17)28-24(31-22)19-9-5-16(25)11-20(19)26/h3-12,14H,13H2,1-2H3,(H,27,29). The minimum absolute atomic E-state index is 0.0937. The molecule has 4 rings (SSSR count). The van der Waals surface area contributed by atoms with Crippen molar-refractivity contribution < 1.29 is 13.9 Å². The number of benzene rings is 3. The first-order chi connectivity index (χ1) is 14.9. The molecule has 5 nitrogen and oxygen atoms in total. The second-order valence-electron chi connectivity index (χ2n) is 7.39. The van der Waals surface area contributed by atoms with Crippen molar-refractivity contribution >= 4 is 45.9 Å². The fraction of sp³-hybridized carbons (Fsp3) is 0.167. The zero-order chi connectivity index (χ0) is 22.0. The first-order valence-corrected chi connectivity index (χ1v) is 10.5. The Kier molecular flexibility index (Phi) is 6.16. The lowest BCUT2D eigenvalue weighted by atomic mass is 10.0. The Morgan fingerprint density at radius 2 is 1.84 bits per heavy atom. The fourth-order valence-corrected chi connectivity index (χ4v) is 3.57. The summed E-state index contributed by atoms with van der Waals surface area (Å²) in [6, 6.07) is 18.1. The van der Waals surface area contributed by atoms with Gasteiger partial charge < -0.3 is 14.5 Å². The van der Waals surface area contributed by atoms with E-state index in [0.29, 0.717) is 50.0 Å². The van der Waals surface area contributed by atoms with E-state index in [1.54, 1.807) is 36.4 Å². The monoisotopic (exact) mass is 454 g/mol. The summed E-state index contributed by atoms with van der Waals surface area (Å²) in [5, 5.41) is 3.80. The molecule has 1 aromatic heterocycles. The Balaban J connectivity index is 1.43. The lowest BCUT2D eigenvalue weighted by Crippen LogP contribution is -2.20. The van der Waals surface area contributed by atoms with Crippen LogP contribution in [0.4, 0.5) is 5.69 Å². The molecular formula is C24H20Cl2N2O3. The summed E-state index contributed by atoms with van der Waals surface area (Å²) in [5.74, 6) is 1.21. The molecule has 3 aromatic carbocycles. The van der Waals surface area contributed by atoms with Crippen LogP contribution in [0.2, 0.25) is 10.0 Å². The summed E-state index contributed by atoms with van der Waals surface area (Å²) >= 11 is 12.2. The molecule has 1 N–H and O–H groups in total. The molecule has 1 heterocycles. The molecular weight excluding hydrogens is 435 g/mol. The summed E-state index contributed by atoms with van der Waals surface area (Å²) in [6.45, 7) is 4.16. The summed E-state index contributed by atoms with van der Waals surface area (Å²) in [5.41, 5.74) is 3.64. The number of amides is 1. The van der Waals surface area contributed by atoms with Crippen LogP contribution in [0, 0.1) is 0 Å². The van der Waals surface area contributed by atoms with Gasteiger partial charge in [-0.25, -0.2) is 4.98 Å². The van der Waals surface area contributed by atoms with E-state index in [4.69, 9.17) is 32.4 Å². The van der Waals surface area contributed by atoms with E-state index in [9.17, 15) is 4.79 Å². The van der Waals surface area contributed by atoms with Gasteiger partial charge in [-0.2, -0.15) is 0 Å². The predicted octanol–water partition coefficient (Wildman–Crippen LogP) is 6.94. The van der Waals surface area contributed by atoms with Crippen LogP contribution in [0.15, 0.2) is 65.1 Å². The number of anilines is 1. The molecule has 0 bridgehead atoms. The zero-order valence-electron chi connectivity index (χ0n) is 17.0. The van der Waals surface area contributed by atoms with Crippen LogP contribution >= 0.6 is 23.2 Å². The van der Waals surface area contributed by atoms with Gasteiger partial charge in [0.1, 0.15) is 11.3 Å². The van der Waals surface area contributed by atoms with Crippen molar-refractivity contribution in [3.05, 3.63) is 76.3 Å². The van der Waals surface area contributed by atoms with Gasteiger partial charge >= 0.3 is 0 Å². The molecule has 4 aromatic rings. The summed E-state index contributed by atoms with van der Waals surface area (Å²) in [4.78, 5) is 16.8. The smallest absolute Gasteiger partial charge is 0.262 e. The van der Waals surface area contributed by atoms with Gasteiger partial charge in [0.05, 0.1) is 10.6 Å². The number of hydrogen-bond acceptors (Lipinski definition) is 4. The number of rotatable bonds is 6. The number of nitrogens with zero attached hydrogens (tertiary/aromatic N) is 1. The maximum atomic E-state index is 12.3. The minimum atomic E-state index is -0.267. The summed E-state index contributed by atoms with van der Waals surface area (Å²) < 4.78 is 11.4. The second kappa shape index (κ2) is 9.00. The van der Waals surface area contributed by atoms with E-state index >= 15 is 0 Å². The van der Waals surface area contributed by atoms with Gasteiger partial charge in [-0.15, -0.1) is 0 Å². The van der Waals surface area contributed by atoms with E-state index in [1.807, 2.05) is 24.3 Å². The normalized spacial score (nSPS) is 11.1. The van der Waals surface area contributed by atoms with Crippen molar-refractivity contribution in [2.75, 3.05) is 11.9 Å². The lowest BCUT2D eigenvalue weighted by molar-refractivity contribution is -0.118. The van der Waals surface area contributed by atoms with E-state index in [2.05, 4.69) is 24.1 Å². The van der Waals surface area contributed by atoms with Crippen LogP contribution in [-0.2, 0) is 4.79 Å². The molecule has 31 heavy (non-hydrogen) atoms. The number of carbonyl (C=O) groups excluding carboxylic acids is 1. The van der Waals surface area contributed by atoms with Crippen LogP contribution in [-0.4, -0.2) is 17.5 Å². The topological polar surface area (TPSA) is 64.4 Å². The predicted molar refractivity (Wildman–Crippen MR) is 124 cm³/mol. The molecule has 0 atom stereocenters. The molecule has 1 amide bonds. The Morgan fingerprint density at radius 3 is 2.55 bits per heavy atom. The highest BCUT2D eigenvalue weighted by Crippen LogP contribution is 2.32. The molecule has 158 valence electrons. The van der Waals surface area contributed by atoms with Gasteiger partial charge in [0.25, 0.3) is 5.91 Å². The van der Waals surface area contributed by atoms with Crippen molar-refractivity contribution in [2.45, 2.75) is 19.8 Å². The molecule has 0 spiro atoms. The number of fused-ring (bicyclic) bond motifs is 1. The molecule has 0 unspecified atom stereocenters. The van der Waals surface area contributed by atoms with E-state index < -0.39 is 0 Å². The van der Waals surface area contributed by atoms with Gasteiger partial charge in [0, 0.05) is 10.7 Å². The van der Waals surface area contributed by atoms with Crippen LogP contribution < -0.4 is 10.1 Å². The van der Waals surface area contributed by atoms with Gasteiger partial charge in [-0.3, -0.25) is 4.79 Å². The first kappa shape index (κ1) is 21.2. The molecule has 0 aliphatic carbocycles. The molecule has 0 aliphatic rings. The van der Waals surface area contributed by atoms with Crippen molar-refractivity contribution in [2.24, 2.45) is 0 Å². The Hall–Kier alpha value is -3.02. The average molecular weight is 455 g/mol. The fourth-order valence-electron chi connectivity index (χ4n) is 3.08. The third-order valence-electron chi connectivity index (χ3n) is 4.75. The number of halogens is 2. The van der Waals surface area contributed by atoms with Gasteiger partial charge in [-0.1, -0.05) is 49.2 Å². The molecule has 7 heteroatoms. The highest BCUT2D eigenvalue weighted by molar-refractivity contribution is 6.36. The molecule has 0 radical (unpaired) electrons. The Bertz CT molecular complexity index is 1230. The molecule has 0 fully saturated rings. The zero-order valence-corrected chi connectivity index (χ0v) is 18.5. The highest BCUT2D eigenvalue weighted by atomic mass is 35.5. The first-order valence-electron chi connectivity index (χ1n) is 9.77. The molecule has 0 saturated heterocycles. The van der Waals surface area contributed by atoms with Crippen molar-refractivity contribution in [1.82, 2.24) is 4.98 Å². The number of hydrogen-bond donors (Lipinski definition) is 1. The average Bonchev–Trinajstić information content (AvgIpc) is 3.15. The number of oxazole rings is 1. The maximum Gasteiger partial charge on any atom is 0.262 e. The minimum Gasteiger partial charge on any atom is -0.484 e. The summed E-state index contributed by atoms with van der Waals surface area (Å²) in [7, 11) is 0. The Morgan fingerprint density at radius 1 is 1.06 bits per heavy atom. The van der Waals surface area contributed by atoms with Crippen LogP contribution in [0.5, 0.6) is 5.75 Å². The Labute approximate surface area is 189 Å². The van der Waals surface area contributed by atoms with E-state index in [-0.39, 0.29) is 12.5 Å². The van der Waals surface area contributed by atoms with Gasteiger partial charge in [0.2, 0.25) is 5.89 Å². The third kappa shape index (κ3) is 5.01. The largest absolute Gasteiger partial charge is 0.484 e. The van der Waals surface area contributed by atoms with E-state index in [1.165, 1.54) is 5.56 Å². The van der Waals surface area contributed by atoms with Crippen LogP contribution in [0.25, 0.3) is 22.6 Å². The van der Waals surface area contributed by atoms with Crippen molar-refractivity contribution in [3.63, 3.8) is 0 Å². The lowest BCUT2D eigenvalue weighted by Gasteiger charge is -2.09. The second-order valence-corrected chi connectivity index (χ2v) is 8.23. The third-order valence-corrected chi connectivity index (χ3v) is 5.30. The van der Waals surface area contributed by atoms with Gasteiger partial charge in [0.15, 0.2) is 12.2 Å². The highest BCUT2D eigenvalue weighted by Gasteiger charge is 2.13. The van der Waals surface area contributed by atoms with Crippen LogP contribution in [0.1, 0.15) is 25.3 Å².